The maximum Gasteiger partial charge on any atom is 0.254 e. The normalized spacial score (nSPS) is 10.4. The van der Waals surface area contributed by atoms with Gasteiger partial charge in [0.25, 0.3) is 5.91 Å². The largest absolute Gasteiger partial charge is 0.348 e. The van der Waals surface area contributed by atoms with Gasteiger partial charge in [-0.25, -0.2) is 18.7 Å². The Morgan fingerprint density at radius 1 is 1.08 bits per heavy atom. The molecule has 0 spiro atoms. The van der Waals surface area contributed by atoms with Crippen LogP contribution in [-0.2, 0) is 6.54 Å². The molecule has 2 aromatic carbocycles. The van der Waals surface area contributed by atoms with Crippen LogP contribution in [0.5, 0.6) is 0 Å². The van der Waals surface area contributed by atoms with Crippen LogP contribution in [0.2, 0.25) is 5.02 Å². The Morgan fingerprint density at radius 2 is 1.81 bits per heavy atom. The molecule has 8 heteroatoms. The van der Waals surface area contributed by atoms with Crippen molar-refractivity contribution in [1.82, 2.24) is 15.3 Å². The zero-order valence-electron chi connectivity index (χ0n) is 13.3. The van der Waals surface area contributed by atoms with Crippen molar-refractivity contribution in [1.29, 1.82) is 0 Å². The van der Waals surface area contributed by atoms with Crippen molar-refractivity contribution in [2.75, 3.05) is 5.32 Å². The topological polar surface area (TPSA) is 66.9 Å². The molecule has 0 unspecified atom stereocenters. The fourth-order valence-corrected chi connectivity index (χ4v) is 2.34. The number of carbonyl (C=O) groups excluding carboxylic acids is 1. The third-order valence-corrected chi connectivity index (χ3v) is 3.86. The number of benzene rings is 2. The van der Waals surface area contributed by atoms with Crippen LogP contribution in [0.25, 0.3) is 0 Å². The molecule has 0 aliphatic rings. The van der Waals surface area contributed by atoms with Gasteiger partial charge in [0.05, 0.1) is 11.3 Å². The minimum Gasteiger partial charge on any atom is -0.348 e. The second kappa shape index (κ2) is 7.88. The van der Waals surface area contributed by atoms with E-state index in [1.54, 1.807) is 12.1 Å². The average Bonchev–Trinajstić information content (AvgIpc) is 2.64. The molecule has 26 heavy (non-hydrogen) atoms. The quantitative estimate of drug-likeness (QED) is 0.706. The molecule has 3 aromatic rings. The number of nitrogens with zero attached hydrogens (tertiary/aromatic N) is 2. The summed E-state index contributed by atoms with van der Waals surface area (Å²) in [5.41, 5.74) is 1.05. The molecule has 2 N–H and O–H groups in total. The highest BCUT2D eigenvalue weighted by Crippen LogP contribution is 2.18. The highest BCUT2D eigenvalue weighted by Gasteiger charge is 2.10. The second-order valence-electron chi connectivity index (χ2n) is 5.32. The van der Waals surface area contributed by atoms with E-state index in [-0.39, 0.29) is 29.7 Å². The van der Waals surface area contributed by atoms with Gasteiger partial charge in [-0.1, -0.05) is 29.8 Å². The van der Waals surface area contributed by atoms with Crippen LogP contribution in [-0.4, -0.2) is 15.9 Å². The summed E-state index contributed by atoms with van der Waals surface area (Å²) in [6.45, 7) is 0.263. The maximum absolute atomic E-state index is 13.6. The van der Waals surface area contributed by atoms with Crippen molar-refractivity contribution in [2.45, 2.75) is 6.54 Å². The molecule has 1 aromatic heterocycles. The average molecular weight is 375 g/mol. The Bertz CT molecular complexity index is 935. The van der Waals surface area contributed by atoms with Gasteiger partial charge in [0.15, 0.2) is 0 Å². The molecule has 0 fully saturated rings. The molecule has 0 radical (unpaired) electrons. The lowest BCUT2D eigenvalue weighted by Crippen LogP contribution is -2.23. The van der Waals surface area contributed by atoms with E-state index in [1.165, 1.54) is 18.5 Å². The van der Waals surface area contributed by atoms with E-state index >= 15 is 0 Å². The molecular formula is C18H13ClF2N4O. The number of carbonyl (C=O) groups is 1. The van der Waals surface area contributed by atoms with Gasteiger partial charge in [-0.3, -0.25) is 4.79 Å². The van der Waals surface area contributed by atoms with E-state index < -0.39 is 11.6 Å². The predicted molar refractivity (Wildman–Crippen MR) is 94.3 cm³/mol. The maximum atomic E-state index is 13.6. The van der Waals surface area contributed by atoms with Crippen LogP contribution >= 0.6 is 11.6 Å². The number of anilines is 2. The Kier molecular flexibility index (Phi) is 5.38. The van der Waals surface area contributed by atoms with Crippen molar-refractivity contribution in [3.63, 3.8) is 0 Å². The minimum absolute atomic E-state index is 0.0299. The number of nitrogens with one attached hydrogen (secondary N) is 2. The van der Waals surface area contributed by atoms with Crippen molar-refractivity contribution in [3.05, 3.63) is 82.6 Å². The predicted octanol–water partition coefficient (Wildman–Crippen LogP) is 4.08. The van der Waals surface area contributed by atoms with Crippen LogP contribution in [0.15, 0.2) is 54.9 Å². The summed E-state index contributed by atoms with van der Waals surface area (Å²) in [6.07, 6.45) is 2.61. The van der Waals surface area contributed by atoms with Gasteiger partial charge >= 0.3 is 0 Å². The SMILES string of the molecule is O=C(NCc1ccccc1Cl)c1cnc(Nc2ccc(F)cc2F)nc1. The van der Waals surface area contributed by atoms with E-state index in [2.05, 4.69) is 20.6 Å². The third kappa shape index (κ3) is 4.31. The zero-order valence-corrected chi connectivity index (χ0v) is 14.1. The third-order valence-electron chi connectivity index (χ3n) is 3.49. The van der Waals surface area contributed by atoms with E-state index in [1.807, 2.05) is 12.1 Å². The molecule has 0 atom stereocenters. The van der Waals surface area contributed by atoms with Crippen molar-refractivity contribution in [2.24, 2.45) is 0 Å². The Balaban J connectivity index is 1.63. The number of amides is 1. The number of aromatic nitrogens is 2. The summed E-state index contributed by atoms with van der Waals surface area (Å²) in [4.78, 5) is 20.1. The smallest absolute Gasteiger partial charge is 0.254 e. The van der Waals surface area contributed by atoms with E-state index in [0.717, 1.165) is 17.7 Å². The molecule has 0 bridgehead atoms. The number of halogens is 3. The van der Waals surface area contributed by atoms with Crippen LogP contribution in [0.4, 0.5) is 20.4 Å². The number of hydrogen-bond donors (Lipinski definition) is 2. The molecule has 5 nitrogen and oxygen atoms in total. The number of rotatable bonds is 5. The standard InChI is InChI=1S/C18H13ClF2N4O/c19-14-4-2-1-3-11(14)8-22-17(26)12-9-23-18(24-10-12)25-16-6-5-13(20)7-15(16)21/h1-7,9-10H,8H2,(H,22,26)(H,23,24,25). The van der Waals surface area contributed by atoms with Gasteiger partial charge in [0.1, 0.15) is 11.6 Å². The molecule has 3 rings (SSSR count). The zero-order chi connectivity index (χ0) is 18.5. The van der Waals surface area contributed by atoms with Gasteiger partial charge < -0.3 is 10.6 Å². The summed E-state index contributed by atoms with van der Waals surface area (Å²) in [5.74, 6) is -1.74. The monoisotopic (exact) mass is 374 g/mol. The highest BCUT2D eigenvalue weighted by molar-refractivity contribution is 6.31. The van der Waals surface area contributed by atoms with Crippen LogP contribution in [0, 0.1) is 11.6 Å². The van der Waals surface area contributed by atoms with Gasteiger partial charge in [-0.2, -0.15) is 0 Å². The second-order valence-corrected chi connectivity index (χ2v) is 5.73. The lowest BCUT2D eigenvalue weighted by Gasteiger charge is -2.08. The summed E-state index contributed by atoms with van der Waals surface area (Å²) in [5, 5.41) is 5.89. The van der Waals surface area contributed by atoms with Crippen molar-refractivity contribution < 1.29 is 13.6 Å². The van der Waals surface area contributed by atoms with E-state index in [0.29, 0.717) is 5.02 Å². The molecule has 1 amide bonds. The molecule has 0 saturated heterocycles. The molecule has 0 aliphatic heterocycles. The number of hydrogen-bond acceptors (Lipinski definition) is 4. The first-order valence-electron chi connectivity index (χ1n) is 7.58. The molecular weight excluding hydrogens is 362 g/mol. The van der Waals surface area contributed by atoms with Crippen LogP contribution in [0.1, 0.15) is 15.9 Å². The minimum atomic E-state index is -0.768. The van der Waals surface area contributed by atoms with Crippen LogP contribution in [0.3, 0.4) is 0 Å². The van der Waals surface area contributed by atoms with Gasteiger partial charge in [0.2, 0.25) is 5.95 Å². The van der Waals surface area contributed by atoms with Gasteiger partial charge in [-0.15, -0.1) is 0 Å². The first-order valence-corrected chi connectivity index (χ1v) is 7.96. The van der Waals surface area contributed by atoms with Crippen molar-refractivity contribution in [3.8, 4) is 0 Å². The van der Waals surface area contributed by atoms with Crippen molar-refractivity contribution >= 4 is 29.1 Å². The lowest BCUT2D eigenvalue weighted by molar-refractivity contribution is 0.0950. The first kappa shape index (κ1) is 17.8. The summed E-state index contributed by atoms with van der Waals surface area (Å²) >= 11 is 6.04. The lowest BCUT2D eigenvalue weighted by atomic mass is 10.2. The molecule has 1 heterocycles. The fraction of sp³-hybridized carbons (Fsp3) is 0.0556. The van der Waals surface area contributed by atoms with Crippen LogP contribution < -0.4 is 10.6 Å². The molecule has 0 saturated carbocycles. The Labute approximate surface area is 153 Å². The molecule has 132 valence electrons. The van der Waals surface area contributed by atoms with Gasteiger partial charge in [-0.05, 0) is 23.8 Å². The first-order chi connectivity index (χ1) is 12.5. The van der Waals surface area contributed by atoms with E-state index in [9.17, 15) is 13.6 Å². The fourth-order valence-electron chi connectivity index (χ4n) is 2.14. The van der Waals surface area contributed by atoms with E-state index in [4.69, 9.17) is 11.6 Å². The summed E-state index contributed by atoms with van der Waals surface area (Å²) in [7, 11) is 0. The highest BCUT2D eigenvalue weighted by atomic mass is 35.5. The Hall–Kier alpha value is -3.06. The van der Waals surface area contributed by atoms with Gasteiger partial charge in [0, 0.05) is 30.0 Å². The summed E-state index contributed by atoms with van der Waals surface area (Å²) < 4.78 is 26.5. The molecule has 0 aliphatic carbocycles. The summed E-state index contributed by atoms with van der Waals surface area (Å²) in [6, 6.07) is 10.3. The Morgan fingerprint density at radius 3 is 2.50 bits per heavy atom.